The zero-order valence-corrected chi connectivity index (χ0v) is 12.1. The van der Waals surface area contributed by atoms with Crippen molar-refractivity contribution in [2.75, 3.05) is 0 Å². The first-order chi connectivity index (χ1) is 9.47. The fourth-order valence-electron chi connectivity index (χ4n) is 1.90. The first kappa shape index (κ1) is 13.3. The predicted molar refractivity (Wildman–Crippen MR) is 76.1 cm³/mol. The maximum Gasteiger partial charge on any atom is 0.416 e. The highest BCUT2D eigenvalue weighted by atomic mass is 127. The van der Waals surface area contributed by atoms with Gasteiger partial charge in [-0.05, 0) is 40.8 Å². The van der Waals surface area contributed by atoms with Gasteiger partial charge >= 0.3 is 6.18 Å². The van der Waals surface area contributed by atoms with E-state index in [1.54, 1.807) is 22.9 Å². The van der Waals surface area contributed by atoms with E-state index >= 15 is 0 Å². The summed E-state index contributed by atoms with van der Waals surface area (Å²) in [6, 6.07) is 6.69. The Morgan fingerprint density at radius 2 is 1.80 bits per heavy atom. The Hall–Kier alpha value is -1.64. The highest BCUT2D eigenvalue weighted by Crippen LogP contribution is 2.31. The molecule has 0 radical (unpaired) electrons. The van der Waals surface area contributed by atoms with Gasteiger partial charge in [-0.2, -0.15) is 13.2 Å². The molecule has 2 aromatic heterocycles. The van der Waals surface area contributed by atoms with Gasteiger partial charge in [-0.1, -0.05) is 12.1 Å². The third-order valence-corrected chi connectivity index (χ3v) is 3.56. The summed E-state index contributed by atoms with van der Waals surface area (Å²) in [6.07, 6.45) is -0.899. The molecule has 2 heterocycles. The molecule has 0 saturated heterocycles. The van der Waals surface area contributed by atoms with Crippen molar-refractivity contribution in [3.63, 3.8) is 0 Å². The number of nitrogens with zero attached hydrogens (tertiary/aromatic N) is 3. The van der Waals surface area contributed by atoms with Crippen LogP contribution in [0.5, 0.6) is 0 Å². The van der Waals surface area contributed by atoms with Crippen LogP contribution in [0.1, 0.15) is 5.56 Å². The SMILES string of the molecule is FC(F)(F)c1ccc(-c2nc(I)c3ncccn23)cc1. The molecule has 0 bridgehead atoms. The molecule has 0 atom stereocenters. The summed E-state index contributed by atoms with van der Waals surface area (Å²) in [7, 11) is 0. The van der Waals surface area contributed by atoms with Crippen LogP contribution in [-0.2, 0) is 6.18 Å². The average Bonchev–Trinajstić information content (AvgIpc) is 2.76. The van der Waals surface area contributed by atoms with Crippen molar-refractivity contribution in [3.05, 3.63) is 52.0 Å². The smallest absolute Gasteiger partial charge is 0.283 e. The van der Waals surface area contributed by atoms with Crippen LogP contribution in [-0.4, -0.2) is 14.4 Å². The van der Waals surface area contributed by atoms with Crippen molar-refractivity contribution in [3.8, 4) is 11.4 Å². The standard InChI is InChI=1S/C13H7F3IN3/c14-13(15,16)9-4-2-8(3-5-9)11-19-10(17)12-18-6-1-7-20(11)12/h1-7H. The summed E-state index contributed by atoms with van der Waals surface area (Å²) in [5, 5.41) is 0. The fraction of sp³-hybridized carbons (Fsp3) is 0.0769. The fourth-order valence-corrected chi connectivity index (χ4v) is 2.53. The van der Waals surface area contributed by atoms with E-state index in [0.29, 0.717) is 20.7 Å². The van der Waals surface area contributed by atoms with Crippen molar-refractivity contribution in [2.45, 2.75) is 6.18 Å². The van der Waals surface area contributed by atoms with Crippen molar-refractivity contribution in [1.29, 1.82) is 0 Å². The van der Waals surface area contributed by atoms with Crippen LogP contribution >= 0.6 is 22.6 Å². The molecule has 0 aliphatic heterocycles. The van der Waals surface area contributed by atoms with Gasteiger partial charge in [0.05, 0.1) is 5.56 Å². The molecule has 0 fully saturated rings. The molecule has 3 rings (SSSR count). The van der Waals surface area contributed by atoms with Crippen molar-refractivity contribution < 1.29 is 13.2 Å². The maximum absolute atomic E-state index is 12.5. The molecule has 0 N–H and O–H groups in total. The number of aromatic nitrogens is 3. The minimum absolute atomic E-state index is 0.575. The Balaban J connectivity index is 2.12. The van der Waals surface area contributed by atoms with E-state index in [4.69, 9.17) is 0 Å². The molecule has 0 spiro atoms. The van der Waals surface area contributed by atoms with Crippen molar-refractivity contribution in [2.24, 2.45) is 0 Å². The summed E-state index contributed by atoms with van der Waals surface area (Å²) in [5.74, 6) is 0.575. The van der Waals surface area contributed by atoms with Gasteiger partial charge in [0.2, 0.25) is 0 Å². The lowest BCUT2D eigenvalue weighted by Crippen LogP contribution is -2.04. The number of hydrogen-bond acceptors (Lipinski definition) is 2. The molecule has 20 heavy (non-hydrogen) atoms. The second kappa shape index (κ2) is 4.72. The highest BCUT2D eigenvalue weighted by Gasteiger charge is 2.30. The quantitative estimate of drug-likeness (QED) is 0.589. The first-order valence-electron chi connectivity index (χ1n) is 5.63. The van der Waals surface area contributed by atoms with Crippen LogP contribution in [0.25, 0.3) is 17.0 Å². The van der Waals surface area contributed by atoms with Gasteiger partial charge in [0, 0.05) is 18.0 Å². The number of hydrogen-bond donors (Lipinski definition) is 0. The molecule has 102 valence electrons. The van der Waals surface area contributed by atoms with Gasteiger partial charge in [0.1, 0.15) is 9.53 Å². The first-order valence-corrected chi connectivity index (χ1v) is 6.71. The third kappa shape index (κ3) is 2.26. The lowest BCUT2D eigenvalue weighted by molar-refractivity contribution is -0.137. The van der Waals surface area contributed by atoms with Gasteiger partial charge in [-0.25, -0.2) is 9.97 Å². The van der Waals surface area contributed by atoms with Crippen molar-refractivity contribution in [1.82, 2.24) is 14.4 Å². The third-order valence-electron chi connectivity index (χ3n) is 2.83. The topological polar surface area (TPSA) is 30.2 Å². The average molecular weight is 389 g/mol. The Labute approximate surface area is 125 Å². The van der Waals surface area contributed by atoms with Crippen LogP contribution < -0.4 is 0 Å². The minimum atomic E-state index is -4.33. The molecule has 1 aromatic carbocycles. The van der Waals surface area contributed by atoms with E-state index in [1.807, 2.05) is 0 Å². The Morgan fingerprint density at radius 1 is 1.10 bits per heavy atom. The largest absolute Gasteiger partial charge is 0.416 e. The summed E-state index contributed by atoms with van der Waals surface area (Å²) < 4.78 is 40.1. The number of rotatable bonds is 1. The zero-order chi connectivity index (χ0) is 14.3. The molecule has 3 nitrogen and oxygen atoms in total. The van der Waals surface area contributed by atoms with Gasteiger partial charge in [0.25, 0.3) is 0 Å². The van der Waals surface area contributed by atoms with Crippen LogP contribution in [0, 0.1) is 3.70 Å². The van der Waals surface area contributed by atoms with Crippen LogP contribution in [0.3, 0.4) is 0 Å². The molecule has 3 aromatic rings. The molecule has 0 aliphatic carbocycles. The zero-order valence-electron chi connectivity index (χ0n) is 9.89. The van der Waals surface area contributed by atoms with E-state index < -0.39 is 11.7 Å². The van der Waals surface area contributed by atoms with Crippen LogP contribution in [0.15, 0.2) is 42.7 Å². The molecular formula is C13H7F3IN3. The molecule has 0 amide bonds. The molecule has 0 aliphatic rings. The number of imidazole rings is 1. The number of alkyl halides is 3. The van der Waals surface area contributed by atoms with Gasteiger partial charge in [0.15, 0.2) is 5.65 Å². The van der Waals surface area contributed by atoms with Crippen molar-refractivity contribution >= 4 is 28.2 Å². The molecule has 7 heteroatoms. The van der Waals surface area contributed by atoms with Gasteiger partial charge in [-0.15, -0.1) is 0 Å². The summed E-state index contributed by atoms with van der Waals surface area (Å²) in [6.45, 7) is 0. The van der Waals surface area contributed by atoms with Gasteiger partial charge < -0.3 is 0 Å². The van der Waals surface area contributed by atoms with E-state index in [1.165, 1.54) is 12.1 Å². The second-order valence-electron chi connectivity index (χ2n) is 4.11. The van der Waals surface area contributed by atoms with Crippen LogP contribution in [0.4, 0.5) is 13.2 Å². The summed E-state index contributed by atoms with van der Waals surface area (Å²) in [5.41, 5.74) is 0.627. The lowest BCUT2D eigenvalue weighted by atomic mass is 10.1. The second-order valence-corrected chi connectivity index (χ2v) is 5.14. The molecular weight excluding hydrogens is 382 g/mol. The lowest BCUT2D eigenvalue weighted by Gasteiger charge is -2.07. The molecule has 0 saturated carbocycles. The monoisotopic (exact) mass is 389 g/mol. The Bertz CT molecular complexity index is 763. The minimum Gasteiger partial charge on any atom is -0.283 e. The number of fused-ring (bicyclic) bond motifs is 1. The van der Waals surface area contributed by atoms with E-state index in [2.05, 4.69) is 32.6 Å². The number of benzene rings is 1. The molecule has 0 unspecified atom stereocenters. The van der Waals surface area contributed by atoms with E-state index in [-0.39, 0.29) is 0 Å². The Morgan fingerprint density at radius 3 is 2.45 bits per heavy atom. The highest BCUT2D eigenvalue weighted by molar-refractivity contribution is 14.1. The maximum atomic E-state index is 12.5. The number of halogens is 4. The Kier molecular flexibility index (Phi) is 3.15. The summed E-state index contributed by atoms with van der Waals surface area (Å²) in [4.78, 5) is 8.55. The van der Waals surface area contributed by atoms with E-state index in [0.717, 1.165) is 12.1 Å². The normalized spacial score (nSPS) is 12.0. The predicted octanol–water partition coefficient (Wildman–Crippen LogP) is 4.02. The van der Waals surface area contributed by atoms with Gasteiger partial charge in [-0.3, -0.25) is 4.40 Å². The summed E-state index contributed by atoms with van der Waals surface area (Å²) >= 11 is 2.05. The van der Waals surface area contributed by atoms with E-state index in [9.17, 15) is 13.2 Å². The van der Waals surface area contributed by atoms with Crippen LogP contribution in [0.2, 0.25) is 0 Å².